The molecule has 5 heteroatoms. The zero-order valence-electron chi connectivity index (χ0n) is 19.3. The fraction of sp³-hybridized carbons (Fsp3) is 0.464. The van der Waals surface area contributed by atoms with Crippen LogP contribution >= 0.6 is 11.6 Å². The Balaban J connectivity index is 1.06. The second kappa shape index (κ2) is 10.4. The highest BCUT2D eigenvalue weighted by atomic mass is 35.5. The van der Waals surface area contributed by atoms with Gasteiger partial charge in [-0.2, -0.15) is 0 Å². The summed E-state index contributed by atoms with van der Waals surface area (Å²) in [7, 11) is 0. The lowest BCUT2D eigenvalue weighted by Crippen LogP contribution is -2.40. The van der Waals surface area contributed by atoms with E-state index in [1.54, 1.807) is 0 Å². The fourth-order valence-electron chi connectivity index (χ4n) is 5.77. The van der Waals surface area contributed by atoms with E-state index < -0.39 is 0 Å². The molecule has 4 nitrogen and oxygen atoms in total. The van der Waals surface area contributed by atoms with Gasteiger partial charge in [-0.15, -0.1) is 0 Å². The molecule has 2 aliphatic rings. The number of hydrogen-bond donors (Lipinski definition) is 1. The van der Waals surface area contributed by atoms with E-state index in [9.17, 15) is 4.79 Å². The first-order valence-electron chi connectivity index (χ1n) is 12.5. The summed E-state index contributed by atoms with van der Waals surface area (Å²) in [5, 5.41) is 2.08. The molecule has 1 fully saturated rings. The van der Waals surface area contributed by atoms with Gasteiger partial charge in [-0.05, 0) is 80.4 Å². The Hall–Kier alpha value is -2.14. The molecule has 33 heavy (non-hydrogen) atoms. The number of aldehydes is 1. The van der Waals surface area contributed by atoms with Gasteiger partial charge in [0.2, 0.25) is 0 Å². The monoisotopic (exact) mass is 463 g/mol. The predicted octanol–water partition coefficient (Wildman–Crippen LogP) is 5.80. The standard InChI is InChI=1S/C28H34ClN3O/c29-27-10-5-9-25-26(18-30-28(25)27)22-11-15-31(16-12-22)14-4-3-8-24(20-33)32-17-13-21-6-1-2-7-23(21)19-32/h1-2,5-7,9-10,18,20,22,24,30H,3-4,8,11-17,19H2. The van der Waals surface area contributed by atoms with Gasteiger partial charge in [-0.25, -0.2) is 0 Å². The fourth-order valence-corrected chi connectivity index (χ4v) is 6.00. The summed E-state index contributed by atoms with van der Waals surface area (Å²) < 4.78 is 0. The molecule has 1 saturated heterocycles. The van der Waals surface area contributed by atoms with Crippen LogP contribution in [0.25, 0.3) is 10.9 Å². The predicted molar refractivity (Wildman–Crippen MR) is 136 cm³/mol. The van der Waals surface area contributed by atoms with Crippen molar-refractivity contribution in [3.05, 3.63) is 70.4 Å². The van der Waals surface area contributed by atoms with E-state index in [4.69, 9.17) is 11.6 Å². The number of nitrogens with zero attached hydrogens (tertiary/aromatic N) is 2. The topological polar surface area (TPSA) is 39.3 Å². The lowest BCUT2D eigenvalue weighted by Gasteiger charge is -2.33. The summed E-state index contributed by atoms with van der Waals surface area (Å²) in [6, 6.07) is 14.9. The molecule has 3 aromatic rings. The minimum absolute atomic E-state index is 0.0535. The minimum Gasteiger partial charge on any atom is -0.360 e. The molecule has 1 N–H and O–H groups in total. The van der Waals surface area contributed by atoms with Crippen LogP contribution in [0, 0.1) is 0 Å². The Morgan fingerprint density at radius 3 is 2.67 bits per heavy atom. The van der Waals surface area contributed by atoms with Gasteiger partial charge in [0.25, 0.3) is 0 Å². The van der Waals surface area contributed by atoms with Crippen LogP contribution in [-0.4, -0.2) is 53.3 Å². The number of benzene rings is 2. The molecule has 174 valence electrons. The molecule has 0 aliphatic carbocycles. The number of hydrogen-bond acceptors (Lipinski definition) is 3. The number of aromatic nitrogens is 1. The molecule has 2 aliphatic heterocycles. The highest BCUT2D eigenvalue weighted by molar-refractivity contribution is 6.35. The molecule has 1 atom stereocenters. The number of para-hydroxylation sites is 1. The lowest BCUT2D eigenvalue weighted by molar-refractivity contribution is -0.113. The van der Waals surface area contributed by atoms with Crippen molar-refractivity contribution in [1.29, 1.82) is 0 Å². The van der Waals surface area contributed by atoms with Gasteiger partial charge in [0.15, 0.2) is 0 Å². The van der Waals surface area contributed by atoms with Crippen LogP contribution in [0.4, 0.5) is 0 Å². The second-order valence-electron chi connectivity index (χ2n) is 9.71. The van der Waals surface area contributed by atoms with Crippen LogP contribution in [0.5, 0.6) is 0 Å². The molecule has 2 aromatic carbocycles. The average Bonchev–Trinajstić information content (AvgIpc) is 3.30. The molecule has 0 saturated carbocycles. The third-order valence-electron chi connectivity index (χ3n) is 7.73. The molecule has 1 unspecified atom stereocenters. The molecule has 5 rings (SSSR count). The van der Waals surface area contributed by atoms with Crippen LogP contribution in [0.3, 0.4) is 0 Å². The summed E-state index contributed by atoms with van der Waals surface area (Å²) in [4.78, 5) is 20.2. The third kappa shape index (κ3) is 5.03. The number of fused-ring (bicyclic) bond motifs is 2. The quantitative estimate of drug-likeness (QED) is 0.339. The molecule has 0 radical (unpaired) electrons. The van der Waals surface area contributed by atoms with E-state index in [0.717, 1.165) is 62.5 Å². The van der Waals surface area contributed by atoms with Crippen molar-refractivity contribution in [1.82, 2.24) is 14.8 Å². The Labute approximate surface area is 201 Å². The number of nitrogens with one attached hydrogen (secondary N) is 1. The Kier molecular flexibility index (Phi) is 7.15. The Morgan fingerprint density at radius 1 is 1.03 bits per heavy atom. The number of aromatic amines is 1. The number of unbranched alkanes of at least 4 members (excludes halogenated alkanes) is 1. The summed E-state index contributed by atoms with van der Waals surface area (Å²) >= 11 is 6.34. The van der Waals surface area contributed by atoms with Crippen LogP contribution < -0.4 is 0 Å². The van der Waals surface area contributed by atoms with Crippen LogP contribution in [0.2, 0.25) is 5.02 Å². The highest BCUT2D eigenvalue weighted by Gasteiger charge is 2.24. The number of rotatable bonds is 8. The van der Waals surface area contributed by atoms with Crippen molar-refractivity contribution >= 4 is 28.8 Å². The van der Waals surface area contributed by atoms with Gasteiger partial charge in [-0.3, -0.25) is 4.90 Å². The number of carbonyl (C=O) groups is 1. The second-order valence-corrected chi connectivity index (χ2v) is 10.1. The Morgan fingerprint density at radius 2 is 1.85 bits per heavy atom. The van der Waals surface area contributed by atoms with Crippen molar-refractivity contribution in [2.75, 3.05) is 26.2 Å². The van der Waals surface area contributed by atoms with Crippen molar-refractivity contribution in [2.45, 2.75) is 57.0 Å². The van der Waals surface area contributed by atoms with Crippen molar-refractivity contribution in [3.8, 4) is 0 Å². The maximum absolute atomic E-state index is 11.8. The molecular weight excluding hydrogens is 430 g/mol. The van der Waals surface area contributed by atoms with Gasteiger partial charge < -0.3 is 14.7 Å². The van der Waals surface area contributed by atoms with E-state index in [-0.39, 0.29) is 6.04 Å². The first-order chi connectivity index (χ1) is 16.2. The first kappa shape index (κ1) is 22.6. The van der Waals surface area contributed by atoms with Crippen LogP contribution in [-0.2, 0) is 17.8 Å². The average molecular weight is 464 g/mol. The molecule has 0 spiro atoms. The van der Waals surface area contributed by atoms with Gasteiger partial charge >= 0.3 is 0 Å². The van der Waals surface area contributed by atoms with E-state index in [0.29, 0.717) is 5.92 Å². The number of halogens is 1. The van der Waals surface area contributed by atoms with Gasteiger partial charge in [-0.1, -0.05) is 54.4 Å². The number of carbonyl (C=O) groups excluding carboxylic acids is 1. The number of H-pyrrole nitrogens is 1. The molecule has 1 aromatic heterocycles. The van der Waals surface area contributed by atoms with Gasteiger partial charge in [0.05, 0.1) is 16.6 Å². The maximum Gasteiger partial charge on any atom is 0.137 e. The van der Waals surface area contributed by atoms with Gasteiger partial charge in [0, 0.05) is 24.7 Å². The largest absolute Gasteiger partial charge is 0.360 e. The number of likely N-dealkylation sites (tertiary alicyclic amines) is 1. The smallest absolute Gasteiger partial charge is 0.137 e. The van der Waals surface area contributed by atoms with Crippen molar-refractivity contribution < 1.29 is 4.79 Å². The van der Waals surface area contributed by atoms with Crippen LogP contribution in [0.15, 0.2) is 48.7 Å². The maximum atomic E-state index is 11.8. The lowest BCUT2D eigenvalue weighted by atomic mass is 9.89. The third-order valence-corrected chi connectivity index (χ3v) is 8.05. The number of piperidine rings is 1. The van der Waals surface area contributed by atoms with Crippen molar-refractivity contribution in [2.24, 2.45) is 0 Å². The SMILES string of the molecule is O=CC(CCCCN1CCC(c2c[nH]c3c(Cl)cccc23)CC1)N1CCc2ccccc2C1. The zero-order chi connectivity index (χ0) is 22.6. The Bertz CT molecular complexity index is 1090. The normalized spacial score (nSPS) is 18.9. The molecule has 0 bridgehead atoms. The summed E-state index contributed by atoms with van der Waals surface area (Å²) in [6.07, 6.45) is 10.0. The van der Waals surface area contributed by atoms with E-state index in [1.165, 1.54) is 47.6 Å². The first-order valence-corrected chi connectivity index (χ1v) is 12.8. The molecule has 0 amide bonds. The van der Waals surface area contributed by atoms with Gasteiger partial charge in [0.1, 0.15) is 6.29 Å². The van der Waals surface area contributed by atoms with Crippen molar-refractivity contribution in [3.63, 3.8) is 0 Å². The summed E-state index contributed by atoms with van der Waals surface area (Å²) in [6.45, 7) is 5.34. The van der Waals surface area contributed by atoms with E-state index in [1.807, 2.05) is 12.1 Å². The minimum atomic E-state index is 0.0535. The highest BCUT2D eigenvalue weighted by Crippen LogP contribution is 2.35. The van der Waals surface area contributed by atoms with E-state index >= 15 is 0 Å². The van der Waals surface area contributed by atoms with E-state index in [2.05, 4.69) is 51.3 Å². The molecular formula is C28H34ClN3O. The summed E-state index contributed by atoms with van der Waals surface area (Å²) in [5.74, 6) is 0.606. The zero-order valence-corrected chi connectivity index (χ0v) is 20.1. The summed E-state index contributed by atoms with van der Waals surface area (Å²) in [5.41, 5.74) is 5.32. The molecule has 3 heterocycles. The van der Waals surface area contributed by atoms with Crippen LogP contribution in [0.1, 0.15) is 54.7 Å².